The minimum atomic E-state index is -1.01. The van der Waals surface area contributed by atoms with Gasteiger partial charge in [-0.25, -0.2) is 9.59 Å². The summed E-state index contributed by atoms with van der Waals surface area (Å²) in [4.78, 5) is 52.8. The first-order valence-corrected chi connectivity index (χ1v) is 13.9. The van der Waals surface area contributed by atoms with Crippen LogP contribution in [0.4, 0.5) is 9.59 Å². The lowest BCUT2D eigenvalue weighted by Gasteiger charge is -2.26. The molecule has 0 radical (unpaired) electrons. The fourth-order valence-electron chi connectivity index (χ4n) is 4.67. The van der Waals surface area contributed by atoms with Crippen molar-refractivity contribution in [3.8, 4) is 0 Å². The minimum Gasteiger partial charge on any atom is -0.449 e. The van der Waals surface area contributed by atoms with Crippen molar-refractivity contribution in [2.75, 3.05) is 19.7 Å². The van der Waals surface area contributed by atoms with Crippen LogP contribution >= 0.6 is 0 Å². The molecule has 3 atom stereocenters. The van der Waals surface area contributed by atoms with Gasteiger partial charge in [0.2, 0.25) is 5.78 Å². The van der Waals surface area contributed by atoms with Crippen molar-refractivity contribution in [1.29, 1.82) is 0 Å². The van der Waals surface area contributed by atoms with Crippen LogP contribution in [0.5, 0.6) is 0 Å². The van der Waals surface area contributed by atoms with E-state index in [2.05, 4.69) is 10.6 Å². The van der Waals surface area contributed by atoms with Crippen LogP contribution in [-0.4, -0.2) is 60.6 Å². The van der Waals surface area contributed by atoms with Gasteiger partial charge in [-0.15, -0.1) is 0 Å². The van der Waals surface area contributed by atoms with Crippen molar-refractivity contribution in [2.24, 2.45) is 5.41 Å². The number of amides is 3. The molecule has 1 aliphatic heterocycles. The van der Waals surface area contributed by atoms with Crippen molar-refractivity contribution >= 4 is 23.9 Å². The maximum atomic E-state index is 13.0. The Balaban J connectivity index is 1.53. The molecule has 9 heteroatoms. The molecule has 216 valence electrons. The van der Waals surface area contributed by atoms with Crippen LogP contribution in [0.2, 0.25) is 0 Å². The highest BCUT2D eigenvalue weighted by Crippen LogP contribution is 2.32. The van der Waals surface area contributed by atoms with E-state index in [0.29, 0.717) is 25.8 Å². The standard InChI is InChI=1S/C31H41N3O6/c1-5-6-17-25(27(35)28(36)32-22(2)24-15-11-8-12-16-24)33-29(37)40-26-20-34(21-31(26,3)4)30(38)39-19-18-23-13-9-7-10-14-23/h7-16,22,25-26H,5-6,17-21H2,1-4H3,(H,32,36)(H,33,37)/t22-,25+,26+/m1/s1. The third kappa shape index (κ3) is 8.83. The van der Waals surface area contributed by atoms with Crippen LogP contribution in [0.1, 0.15) is 64.1 Å². The molecule has 1 saturated heterocycles. The molecular formula is C31H41N3O6. The van der Waals surface area contributed by atoms with Crippen LogP contribution in [0, 0.1) is 5.41 Å². The number of alkyl carbamates (subject to hydrolysis) is 1. The van der Waals surface area contributed by atoms with Crippen molar-refractivity contribution in [3.05, 3.63) is 71.8 Å². The highest BCUT2D eigenvalue weighted by atomic mass is 16.6. The first-order chi connectivity index (χ1) is 19.1. The Labute approximate surface area is 236 Å². The van der Waals surface area contributed by atoms with E-state index in [1.165, 1.54) is 4.90 Å². The normalized spacial score (nSPS) is 17.4. The number of carbonyl (C=O) groups is 4. The Morgan fingerprint density at radius 3 is 2.30 bits per heavy atom. The van der Waals surface area contributed by atoms with E-state index in [9.17, 15) is 19.2 Å². The summed E-state index contributed by atoms with van der Waals surface area (Å²) >= 11 is 0. The predicted molar refractivity (Wildman–Crippen MR) is 152 cm³/mol. The lowest BCUT2D eigenvalue weighted by molar-refractivity contribution is -0.139. The van der Waals surface area contributed by atoms with Crippen molar-refractivity contribution < 1.29 is 28.7 Å². The first kappa shape index (κ1) is 30.7. The van der Waals surface area contributed by atoms with Crippen molar-refractivity contribution in [3.63, 3.8) is 0 Å². The monoisotopic (exact) mass is 551 g/mol. The molecule has 2 aromatic rings. The zero-order chi connectivity index (χ0) is 29.1. The van der Waals surface area contributed by atoms with E-state index in [0.717, 1.165) is 17.5 Å². The van der Waals surface area contributed by atoms with E-state index in [1.54, 1.807) is 6.92 Å². The van der Waals surface area contributed by atoms with E-state index >= 15 is 0 Å². The van der Waals surface area contributed by atoms with Crippen molar-refractivity contribution in [2.45, 2.75) is 71.6 Å². The summed E-state index contributed by atoms with van der Waals surface area (Å²) < 4.78 is 11.1. The summed E-state index contributed by atoms with van der Waals surface area (Å²) in [7, 11) is 0. The molecule has 40 heavy (non-hydrogen) atoms. The Bertz CT molecular complexity index is 1140. The Hall–Kier alpha value is -3.88. The lowest BCUT2D eigenvalue weighted by atomic mass is 9.90. The number of likely N-dealkylation sites (tertiary alicyclic amines) is 1. The van der Waals surface area contributed by atoms with Crippen LogP contribution in [0.3, 0.4) is 0 Å². The Morgan fingerprint density at radius 1 is 1.00 bits per heavy atom. The second kappa shape index (κ2) is 14.5. The van der Waals surface area contributed by atoms with Gasteiger partial charge in [0, 0.05) is 18.4 Å². The van der Waals surface area contributed by atoms with Gasteiger partial charge >= 0.3 is 12.2 Å². The molecular weight excluding hydrogens is 510 g/mol. The first-order valence-electron chi connectivity index (χ1n) is 13.9. The predicted octanol–water partition coefficient (Wildman–Crippen LogP) is 4.81. The lowest BCUT2D eigenvalue weighted by Crippen LogP contribution is -2.49. The summed E-state index contributed by atoms with van der Waals surface area (Å²) in [6, 6.07) is 17.7. The van der Waals surface area contributed by atoms with Gasteiger partial charge in [-0.1, -0.05) is 94.3 Å². The summed E-state index contributed by atoms with van der Waals surface area (Å²) in [5.41, 5.74) is 1.42. The highest BCUT2D eigenvalue weighted by molar-refractivity contribution is 6.38. The molecule has 3 rings (SSSR count). The van der Waals surface area contributed by atoms with Crippen LogP contribution in [-0.2, 0) is 25.5 Å². The van der Waals surface area contributed by atoms with Gasteiger partial charge in [-0.3, -0.25) is 9.59 Å². The van der Waals surface area contributed by atoms with Crippen LogP contribution < -0.4 is 10.6 Å². The molecule has 1 heterocycles. The van der Waals surface area contributed by atoms with Gasteiger partial charge in [0.25, 0.3) is 5.91 Å². The number of unbranched alkanes of at least 4 members (excludes halogenated alkanes) is 1. The van der Waals surface area contributed by atoms with Gasteiger partial charge in [0.15, 0.2) is 0 Å². The van der Waals surface area contributed by atoms with Gasteiger partial charge in [0.1, 0.15) is 12.1 Å². The third-order valence-corrected chi connectivity index (χ3v) is 7.15. The average molecular weight is 552 g/mol. The number of benzene rings is 2. The van der Waals surface area contributed by atoms with E-state index in [4.69, 9.17) is 9.47 Å². The minimum absolute atomic E-state index is 0.174. The Kier molecular flexibility index (Phi) is 11.1. The molecule has 0 saturated carbocycles. The summed E-state index contributed by atoms with van der Waals surface area (Å²) in [5.74, 6) is -1.48. The fraction of sp³-hybridized carbons (Fsp3) is 0.484. The number of rotatable bonds is 12. The number of nitrogens with zero attached hydrogens (tertiary/aromatic N) is 1. The highest BCUT2D eigenvalue weighted by Gasteiger charge is 2.44. The molecule has 0 unspecified atom stereocenters. The topological polar surface area (TPSA) is 114 Å². The molecule has 2 N–H and O–H groups in total. The summed E-state index contributed by atoms with van der Waals surface area (Å²) in [6.45, 7) is 8.34. The maximum absolute atomic E-state index is 13.0. The van der Waals surface area contributed by atoms with Gasteiger partial charge < -0.3 is 25.0 Å². The molecule has 9 nitrogen and oxygen atoms in total. The maximum Gasteiger partial charge on any atom is 0.409 e. The van der Waals surface area contributed by atoms with E-state index < -0.39 is 41.4 Å². The summed E-state index contributed by atoms with van der Waals surface area (Å²) in [5, 5.41) is 5.32. The largest absolute Gasteiger partial charge is 0.449 e. The fourth-order valence-corrected chi connectivity index (χ4v) is 4.67. The molecule has 1 aliphatic rings. The Morgan fingerprint density at radius 2 is 1.65 bits per heavy atom. The number of ether oxygens (including phenoxy) is 2. The third-order valence-electron chi connectivity index (χ3n) is 7.15. The molecule has 3 amide bonds. The average Bonchev–Trinajstić information content (AvgIpc) is 3.25. The number of hydrogen-bond acceptors (Lipinski definition) is 6. The number of hydrogen-bond donors (Lipinski definition) is 2. The van der Waals surface area contributed by atoms with E-state index in [-0.39, 0.29) is 19.2 Å². The molecule has 0 bridgehead atoms. The zero-order valence-corrected chi connectivity index (χ0v) is 23.9. The molecule has 0 aromatic heterocycles. The summed E-state index contributed by atoms with van der Waals surface area (Å²) in [6.07, 6.45) is 0.493. The molecule has 0 spiro atoms. The number of Topliss-reactive ketones (excluding diaryl/α,β-unsaturated/α-hetero) is 1. The van der Waals surface area contributed by atoms with E-state index in [1.807, 2.05) is 81.4 Å². The van der Waals surface area contributed by atoms with Crippen LogP contribution in [0.25, 0.3) is 0 Å². The zero-order valence-electron chi connectivity index (χ0n) is 23.9. The van der Waals surface area contributed by atoms with Crippen molar-refractivity contribution in [1.82, 2.24) is 15.5 Å². The molecule has 2 aromatic carbocycles. The quantitative estimate of drug-likeness (QED) is 0.366. The molecule has 0 aliphatic carbocycles. The number of ketones is 1. The second-order valence-corrected chi connectivity index (χ2v) is 10.9. The second-order valence-electron chi connectivity index (χ2n) is 10.9. The number of carbonyl (C=O) groups excluding carboxylic acids is 4. The van der Waals surface area contributed by atoms with Gasteiger partial charge in [0.05, 0.1) is 19.2 Å². The SMILES string of the molecule is CCCC[C@H](NC(=O)O[C@H]1CN(C(=O)OCCc2ccccc2)CC1(C)C)C(=O)C(=O)N[C@H](C)c1ccccc1. The van der Waals surface area contributed by atoms with Gasteiger partial charge in [-0.05, 0) is 24.5 Å². The van der Waals surface area contributed by atoms with Crippen LogP contribution in [0.15, 0.2) is 60.7 Å². The van der Waals surface area contributed by atoms with Gasteiger partial charge in [-0.2, -0.15) is 0 Å². The smallest absolute Gasteiger partial charge is 0.409 e. The number of nitrogens with one attached hydrogen (secondary N) is 2. The molecule has 1 fully saturated rings.